The molecule has 0 aromatic carbocycles. The number of hydrogen-bond donors (Lipinski definition) is 2. The number of aliphatic imine (C=N–C) groups is 1. The van der Waals surface area contributed by atoms with Gasteiger partial charge in [0.15, 0.2) is 5.17 Å². The van der Waals surface area contributed by atoms with E-state index in [9.17, 15) is 9.90 Å². The van der Waals surface area contributed by atoms with Crippen LogP contribution in [0.3, 0.4) is 0 Å². The number of carbonyl (C=O) groups is 1. The van der Waals surface area contributed by atoms with Gasteiger partial charge in [0, 0.05) is 33.2 Å². The number of anilines is 1. The predicted octanol–water partition coefficient (Wildman–Crippen LogP) is 3.44. The third-order valence-corrected chi connectivity index (χ3v) is 6.71. The third kappa shape index (κ3) is 2.80. The van der Waals surface area contributed by atoms with E-state index in [4.69, 9.17) is 15.5 Å². The summed E-state index contributed by atoms with van der Waals surface area (Å²) in [6.45, 7) is 8.14. The molecule has 2 aliphatic heterocycles. The Hall–Kier alpha value is -1.25. The predicted molar refractivity (Wildman–Crippen MR) is 98.8 cm³/mol. The lowest BCUT2D eigenvalue weighted by Crippen LogP contribution is -2.51. The number of carboxylic acid groups (broad SMARTS) is 1. The Kier molecular flexibility index (Phi) is 4.34. The van der Waals surface area contributed by atoms with E-state index in [-0.39, 0.29) is 12.0 Å². The number of hydrogen-bond acceptors (Lipinski definition) is 6. The van der Waals surface area contributed by atoms with E-state index < -0.39 is 17.2 Å². The maximum Gasteiger partial charge on any atom is 0.413 e. The summed E-state index contributed by atoms with van der Waals surface area (Å²) < 4.78 is 5.92. The van der Waals surface area contributed by atoms with Crippen LogP contribution in [0.5, 0.6) is 0 Å². The average Bonchev–Trinajstić information content (AvgIpc) is 3.02. The zero-order valence-corrected chi connectivity index (χ0v) is 15.9. The van der Waals surface area contributed by atoms with Crippen LogP contribution in [0, 0.1) is 5.92 Å². The van der Waals surface area contributed by atoms with Crippen molar-refractivity contribution in [3.63, 3.8) is 0 Å². The normalized spacial score (nSPS) is 29.9. The van der Waals surface area contributed by atoms with Crippen molar-refractivity contribution in [3.05, 3.63) is 16.3 Å². The second kappa shape index (κ2) is 5.93. The summed E-state index contributed by atoms with van der Waals surface area (Å²) in [4.78, 5) is 19.2. The van der Waals surface area contributed by atoms with Crippen molar-refractivity contribution in [2.45, 2.75) is 44.9 Å². The van der Waals surface area contributed by atoms with E-state index in [0.717, 1.165) is 10.6 Å². The van der Waals surface area contributed by atoms with Crippen molar-refractivity contribution in [2.75, 3.05) is 18.1 Å². The summed E-state index contributed by atoms with van der Waals surface area (Å²) in [6.07, 6.45) is -0.904. The molecule has 0 radical (unpaired) electrons. The first kappa shape index (κ1) is 17.6. The van der Waals surface area contributed by atoms with Gasteiger partial charge >= 0.3 is 6.09 Å². The van der Waals surface area contributed by atoms with Gasteiger partial charge in [-0.25, -0.2) is 9.79 Å². The van der Waals surface area contributed by atoms with Crippen LogP contribution in [0.4, 0.5) is 10.5 Å². The minimum Gasteiger partial charge on any atom is -0.465 e. The Balaban J connectivity index is 2.10. The number of amidine groups is 1. The number of thiophene rings is 1. The number of ether oxygens (including phenoxy) is 1. The van der Waals surface area contributed by atoms with Gasteiger partial charge in [0.1, 0.15) is 5.54 Å². The lowest BCUT2D eigenvalue weighted by molar-refractivity contribution is 0.108. The van der Waals surface area contributed by atoms with Gasteiger partial charge in [0.2, 0.25) is 0 Å². The first-order valence-corrected chi connectivity index (χ1v) is 9.73. The lowest BCUT2D eigenvalue weighted by atomic mass is 9.84. The van der Waals surface area contributed by atoms with Gasteiger partial charge in [-0.1, -0.05) is 11.8 Å². The Labute approximate surface area is 150 Å². The van der Waals surface area contributed by atoms with Crippen molar-refractivity contribution >= 4 is 40.0 Å². The maximum atomic E-state index is 11.8. The number of nitrogen functional groups attached to an aromatic ring is 1. The summed E-state index contributed by atoms with van der Waals surface area (Å²) in [6, 6.07) is 1.94. The lowest BCUT2D eigenvalue weighted by Gasteiger charge is -2.40. The maximum absolute atomic E-state index is 11.8. The van der Waals surface area contributed by atoms with E-state index in [1.807, 2.05) is 32.2 Å². The highest BCUT2D eigenvalue weighted by atomic mass is 32.2. The highest BCUT2D eigenvalue weighted by Crippen LogP contribution is 2.50. The molecule has 0 unspecified atom stereocenters. The number of thioether (sulfide) groups is 1. The van der Waals surface area contributed by atoms with Crippen LogP contribution in [0.15, 0.2) is 16.4 Å². The number of nitrogens with zero attached hydrogens (tertiary/aromatic N) is 2. The van der Waals surface area contributed by atoms with Crippen LogP contribution in [-0.4, -0.2) is 45.3 Å². The summed E-state index contributed by atoms with van der Waals surface area (Å²) >= 11 is 3.06. The monoisotopic (exact) mass is 369 g/mol. The molecule has 0 aliphatic carbocycles. The molecule has 1 fully saturated rings. The molecule has 1 saturated heterocycles. The molecule has 3 atom stereocenters. The van der Waals surface area contributed by atoms with Gasteiger partial charge in [0.05, 0.1) is 12.7 Å². The fourth-order valence-electron chi connectivity index (χ4n) is 3.28. The molecule has 0 bridgehead atoms. The van der Waals surface area contributed by atoms with Crippen LogP contribution < -0.4 is 5.73 Å². The molecule has 132 valence electrons. The minimum atomic E-state index is -0.986. The van der Waals surface area contributed by atoms with Crippen LogP contribution in [0.1, 0.15) is 32.6 Å². The minimum absolute atomic E-state index is 0.0824. The fraction of sp³-hybridized carbons (Fsp3) is 0.625. The number of fused-ring (bicyclic) bond motifs is 1. The Morgan fingerprint density at radius 1 is 1.54 bits per heavy atom. The van der Waals surface area contributed by atoms with Crippen LogP contribution in [-0.2, 0) is 10.3 Å². The number of amides is 1. The first-order chi connectivity index (χ1) is 11.1. The van der Waals surface area contributed by atoms with Crippen molar-refractivity contribution < 1.29 is 14.6 Å². The number of nitrogens with two attached hydrogens (primary N) is 1. The fourth-order valence-corrected chi connectivity index (χ4v) is 5.86. The molecule has 0 spiro atoms. The van der Waals surface area contributed by atoms with E-state index in [0.29, 0.717) is 17.5 Å². The summed E-state index contributed by atoms with van der Waals surface area (Å²) in [5.74, 6) is 0.984. The van der Waals surface area contributed by atoms with E-state index in [1.165, 1.54) is 16.7 Å². The second-order valence-electron chi connectivity index (χ2n) is 7.29. The Morgan fingerprint density at radius 2 is 2.25 bits per heavy atom. The summed E-state index contributed by atoms with van der Waals surface area (Å²) in [5.41, 5.74) is 5.53. The van der Waals surface area contributed by atoms with E-state index in [1.54, 1.807) is 11.3 Å². The smallest absolute Gasteiger partial charge is 0.413 e. The largest absolute Gasteiger partial charge is 0.465 e. The molecule has 3 N–H and O–H groups in total. The van der Waals surface area contributed by atoms with Gasteiger partial charge in [-0.05, 0) is 33.8 Å². The molecule has 6 nitrogen and oxygen atoms in total. The standard InChI is InChI=1S/C16H23N3O3S2/c1-9-11-7-24-13(19(14(20)21)15(2,3)4)18-16(11,8-22-9)12-5-10(17)6-23-12/h5-6,9,11H,7-8,17H2,1-4H3,(H,20,21)/t9-,11+,16+/m0/s1. The second-order valence-corrected chi connectivity index (χ2v) is 9.18. The van der Waals surface area contributed by atoms with Crippen molar-refractivity contribution in [1.82, 2.24) is 4.90 Å². The van der Waals surface area contributed by atoms with Crippen LogP contribution in [0.25, 0.3) is 0 Å². The molecule has 0 saturated carbocycles. The van der Waals surface area contributed by atoms with Gasteiger partial charge < -0.3 is 15.6 Å². The van der Waals surface area contributed by atoms with Crippen molar-refractivity contribution in [3.8, 4) is 0 Å². The van der Waals surface area contributed by atoms with Crippen molar-refractivity contribution in [1.29, 1.82) is 0 Å². The molecule has 24 heavy (non-hydrogen) atoms. The van der Waals surface area contributed by atoms with E-state index in [2.05, 4.69) is 6.92 Å². The Bertz CT molecular complexity index is 682. The SMILES string of the molecule is C[C@@H]1OC[C@@]2(c3cc(N)cs3)N=C(N(C(=O)O)C(C)(C)C)SC[C@H]12. The quantitative estimate of drug-likeness (QED) is 0.792. The first-order valence-electron chi connectivity index (χ1n) is 7.87. The van der Waals surface area contributed by atoms with Crippen LogP contribution in [0.2, 0.25) is 0 Å². The van der Waals surface area contributed by atoms with Gasteiger partial charge in [-0.2, -0.15) is 0 Å². The van der Waals surface area contributed by atoms with Crippen molar-refractivity contribution in [2.24, 2.45) is 10.9 Å². The molecule has 1 aromatic rings. The summed E-state index contributed by atoms with van der Waals surface area (Å²) in [5, 5.41) is 12.1. The topological polar surface area (TPSA) is 88.2 Å². The highest BCUT2D eigenvalue weighted by molar-refractivity contribution is 8.13. The van der Waals surface area contributed by atoms with Gasteiger partial charge in [-0.3, -0.25) is 4.90 Å². The highest BCUT2D eigenvalue weighted by Gasteiger charge is 2.53. The van der Waals surface area contributed by atoms with E-state index >= 15 is 0 Å². The molecule has 1 amide bonds. The zero-order chi connectivity index (χ0) is 17.7. The molecular weight excluding hydrogens is 346 g/mol. The number of rotatable bonds is 1. The average molecular weight is 370 g/mol. The third-order valence-electron chi connectivity index (χ3n) is 4.53. The molecule has 1 aromatic heterocycles. The zero-order valence-electron chi connectivity index (χ0n) is 14.3. The molecular formula is C16H23N3O3S2. The molecule has 3 rings (SSSR count). The Morgan fingerprint density at radius 3 is 2.79 bits per heavy atom. The van der Waals surface area contributed by atoms with Crippen LogP contribution >= 0.6 is 23.1 Å². The molecule has 2 aliphatic rings. The van der Waals surface area contributed by atoms with Gasteiger partial charge in [0.25, 0.3) is 0 Å². The summed E-state index contributed by atoms with van der Waals surface area (Å²) in [7, 11) is 0. The molecule has 3 heterocycles. The molecule has 8 heteroatoms. The van der Waals surface area contributed by atoms with Gasteiger partial charge in [-0.15, -0.1) is 11.3 Å².